The topological polar surface area (TPSA) is 122 Å². The van der Waals surface area contributed by atoms with Gasteiger partial charge in [-0.15, -0.1) is 0 Å². The van der Waals surface area contributed by atoms with Crippen LogP contribution >= 0.6 is 0 Å². The van der Waals surface area contributed by atoms with Crippen LogP contribution in [0.4, 0.5) is 11.6 Å². The first kappa shape index (κ1) is 24.7. The van der Waals surface area contributed by atoms with Crippen LogP contribution < -0.4 is 15.4 Å². The van der Waals surface area contributed by atoms with Gasteiger partial charge in [-0.1, -0.05) is 30.5 Å². The van der Waals surface area contributed by atoms with Crippen LogP contribution in [0.2, 0.25) is 0 Å². The van der Waals surface area contributed by atoms with Crippen molar-refractivity contribution < 1.29 is 19.2 Å². The van der Waals surface area contributed by atoms with E-state index in [1.54, 1.807) is 6.20 Å². The number of aliphatic hydroxyl groups is 1. The third kappa shape index (κ3) is 6.36. The van der Waals surface area contributed by atoms with Gasteiger partial charge in [-0.25, -0.2) is 9.97 Å². The summed E-state index contributed by atoms with van der Waals surface area (Å²) in [5.41, 5.74) is 3.85. The molecule has 1 saturated carbocycles. The Labute approximate surface area is 205 Å². The molecule has 35 heavy (non-hydrogen) atoms. The van der Waals surface area contributed by atoms with E-state index in [1.165, 1.54) is 26.2 Å². The number of rotatable bonds is 10. The minimum atomic E-state index is -0.174. The van der Waals surface area contributed by atoms with Gasteiger partial charge in [0.15, 0.2) is 0 Å². The number of benzene rings is 1. The molecule has 1 fully saturated rings. The fraction of sp³-hybridized carbons (Fsp3) is 0.462. The summed E-state index contributed by atoms with van der Waals surface area (Å²) >= 11 is 0. The molecule has 1 aromatic carbocycles. The molecule has 1 aliphatic rings. The van der Waals surface area contributed by atoms with Crippen LogP contribution in [-0.4, -0.2) is 39.3 Å². The number of amides is 1. The number of aryl methyl sites for hydroxylation is 1. The van der Waals surface area contributed by atoms with E-state index in [0.29, 0.717) is 54.2 Å². The number of carbonyl (C=O) groups excluding carboxylic acids is 1. The van der Waals surface area contributed by atoms with Gasteiger partial charge in [0.25, 0.3) is 0 Å². The van der Waals surface area contributed by atoms with E-state index < -0.39 is 0 Å². The van der Waals surface area contributed by atoms with Crippen molar-refractivity contribution >= 4 is 17.5 Å². The number of aromatic nitrogens is 3. The van der Waals surface area contributed by atoms with E-state index in [2.05, 4.69) is 20.8 Å². The number of anilines is 2. The van der Waals surface area contributed by atoms with Crippen LogP contribution in [-0.2, 0) is 11.4 Å². The Balaban J connectivity index is 1.52. The average molecular weight is 480 g/mol. The maximum atomic E-state index is 11.0. The number of carbonyl (C=O) groups is 1. The van der Waals surface area contributed by atoms with Crippen LogP contribution in [0.25, 0.3) is 11.3 Å². The van der Waals surface area contributed by atoms with Crippen LogP contribution in [0.3, 0.4) is 0 Å². The Morgan fingerprint density at radius 1 is 1.26 bits per heavy atom. The van der Waals surface area contributed by atoms with Gasteiger partial charge in [-0.05, 0) is 38.3 Å². The van der Waals surface area contributed by atoms with Gasteiger partial charge in [-0.2, -0.15) is 0 Å². The molecule has 0 bridgehead atoms. The van der Waals surface area contributed by atoms with E-state index in [9.17, 15) is 9.90 Å². The van der Waals surface area contributed by atoms with Crippen molar-refractivity contribution in [2.45, 2.75) is 64.9 Å². The maximum absolute atomic E-state index is 11.0. The van der Waals surface area contributed by atoms with Crippen molar-refractivity contribution in [2.75, 3.05) is 18.5 Å². The summed E-state index contributed by atoms with van der Waals surface area (Å²) in [4.78, 5) is 20.1. The van der Waals surface area contributed by atoms with Gasteiger partial charge in [0.1, 0.15) is 11.5 Å². The number of nitrogens with one attached hydrogen (secondary N) is 2. The molecular weight excluding hydrogens is 446 g/mol. The largest absolute Gasteiger partial charge is 0.493 e. The molecular formula is C26H33N5O4. The summed E-state index contributed by atoms with van der Waals surface area (Å²) in [5, 5.41) is 20.4. The normalized spacial score (nSPS) is 14.0. The van der Waals surface area contributed by atoms with Crippen molar-refractivity contribution in [1.29, 1.82) is 0 Å². The van der Waals surface area contributed by atoms with Crippen molar-refractivity contribution in [2.24, 2.45) is 0 Å². The van der Waals surface area contributed by atoms with Gasteiger partial charge >= 0.3 is 0 Å². The smallest absolute Gasteiger partial charge is 0.227 e. The van der Waals surface area contributed by atoms with Gasteiger partial charge in [0.2, 0.25) is 11.9 Å². The van der Waals surface area contributed by atoms with E-state index in [-0.39, 0.29) is 12.5 Å². The van der Waals surface area contributed by atoms with Crippen molar-refractivity contribution in [3.05, 3.63) is 47.5 Å². The summed E-state index contributed by atoms with van der Waals surface area (Å²) in [6, 6.07) is 7.55. The minimum absolute atomic E-state index is 0.0463. The second-order valence-electron chi connectivity index (χ2n) is 8.90. The number of ether oxygens (including phenoxy) is 1. The molecule has 3 aromatic rings. The molecule has 0 atom stereocenters. The zero-order valence-corrected chi connectivity index (χ0v) is 20.3. The van der Waals surface area contributed by atoms with Gasteiger partial charge < -0.3 is 25.0 Å². The molecule has 9 nitrogen and oxygen atoms in total. The molecule has 2 heterocycles. The van der Waals surface area contributed by atoms with Crippen molar-refractivity contribution in [1.82, 2.24) is 20.4 Å². The molecule has 4 rings (SSSR count). The van der Waals surface area contributed by atoms with Gasteiger partial charge in [0.05, 0.1) is 30.2 Å². The molecule has 186 valence electrons. The van der Waals surface area contributed by atoms with Crippen molar-refractivity contribution in [3.8, 4) is 17.0 Å². The maximum Gasteiger partial charge on any atom is 0.227 e. The summed E-state index contributed by atoms with van der Waals surface area (Å²) < 4.78 is 11.4. The average Bonchev–Trinajstić information content (AvgIpc) is 3.25. The van der Waals surface area contributed by atoms with Crippen molar-refractivity contribution in [3.63, 3.8) is 0 Å². The highest BCUT2D eigenvalue weighted by Gasteiger charge is 2.27. The predicted molar refractivity (Wildman–Crippen MR) is 133 cm³/mol. The fourth-order valence-electron chi connectivity index (χ4n) is 4.45. The molecule has 0 aliphatic heterocycles. The molecule has 9 heteroatoms. The predicted octanol–water partition coefficient (Wildman–Crippen LogP) is 4.63. The first-order chi connectivity index (χ1) is 17.0. The second kappa shape index (κ2) is 11.8. The van der Waals surface area contributed by atoms with Crippen LogP contribution in [0, 0.1) is 6.92 Å². The summed E-state index contributed by atoms with van der Waals surface area (Å²) in [7, 11) is 0. The Kier molecular flexibility index (Phi) is 8.31. The third-order valence-corrected chi connectivity index (χ3v) is 6.21. The molecule has 2 aromatic heterocycles. The van der Waals surface area contributed by atoms with Gasteiger partial charge in [-0.3, -0.25) is 4.79 Å². The number of hydrogen-bond donors (Lipinski definition) is 3. The fourth-order valence-corrected chi connectivity index (χ4v) is 4.45. The highest BCUT2D eigenvalue weighted by molar-refractivity contribution is 5.72. The third-order valence-electron chi connectivity index (χ3n) is 6.21. The lowest BCUT2D eigenvalue weighted by atomic mass is 9.84. The lowest BCUT2D eigenvalue weighted by Crippen LogP contribution is -2.22. The highest BCUT2D eigenvalue weighted by Crippen LogP contribution is 2.39. The van der Waals surface area contributed by atoms with Crippen LogP contribution in [0.5, 0.6) is 5.75 Å². The summed E-state index contributed by atoms with van der Waals surface area (Å²) in [6.45, 7) is 4.28. The number of nitrogens with zero attached hydrogens (tertiary/aromatic N) is 3. The second-order valence-corrected chi connectivity index (χ2v) is 8.90. The SMILES string of the molecule is CC(=O)NCCCOc1cccc(Nc2ncc(CO)c(-c3c(C4CCCCC4)noc3C)n2)c1. The molecule has 1 amide bonds. The monoisotopic (exact) mass is 479 g/mol. The Morgan fingerprint density at radius 2 is 2.09 bits per heavy atom. The Bertz CT molecular complexity index is 1140. The first-order valence-corrected chi connectivity index (χ1v) is 12.2. The van der Waals surface area contributed by atoms with Gasteiger partial charge in [0, 0.05) is 42.9 Å². The van der Waals surface area contributed by atoms with Crippen LogP contribution in [0.15, 0.2) is 35.0 Å². The molecule has 0 unspecified atom stereocenters. The number of aliphatic hydroxyl groups excluding tert-OH is 1. The van der Waals surface area contributed by atoms with E-state index in [1.807, 2.05) is 31.2 Å². The Morgan fingerprint density at radius 3 is 2.86 bits per heavy atom. The molecule has 0 spiro atoms. The quantitative estimate of drug-likeness (QED) is 0.360. The van der Waals surface area contributed by atoms with E-state index in [4.69, 9.17) is 14.2 Å². The number of hydrogen-bond acceptors (Lipinski definition) is 8. The standard InChI is InChI=1S/C26H33N5O4/c1-17-23(25(31-35-17)19-8-4-3-5-9-19)24-20(16-32)15-28-26(30-24)29-21-10-6-11-22(14-21)34-13-7-12-27-18(2)33/h6,10-11,14-15,19,32H,3-5,7-9,12-13,16H2,1-2H3,(H,27,33)(H,28,29,30). The zero-order chi connectivity index (χ0) is 24.6. The van der Waals surface area contributed by atoms with E-state index >= 15 is 0 Å². The first-order valence-electron chi connectivity index (χ1n) is 12.2. The molecule has 1 aliphatic carbocycles. The summed E-state index contributed by atoms with van der Waals surface area (Å²) in [6.07, 6.45) is 8.15. The highest BCUT2D eigenvalue weighted by atomic mass is 16.5. The van der Waals surface area contributed by atoms with E-state index in [0.717, 1.165) is 29.8 Å². The molecule has 0 saturated heterocycles. The molecule has 0 radical (unpaired) electrons. The van der Waals surface area contributed by atoms with Crippen LogP contribution in [0.1, 0.15) is 68.4 Å². The lowest BCUT2D eigenvalue weighted by Gasteiger charge is -2.20. The minimum Gasteiger partial charge on any atom is -0.493 e. The zero-order valence-electron chi connectivity index (χ0n) is 20.3. The lowest BCUT2D eigenvalue weighted by molar-refractivity contribution is -0.118. The Hall–Kier alpha value is -3.46. The molecule has 3 N–H and O–H groups in total. The summed E-state index contributed by atoms with van der Waals surface area (Å²) in [5.74, 6) is 2.11.